The van der Waals surface area contributed by atoms with Gasteiger partial charge in [-0.1, -0.05) is 0 Å². The van der Waals surface area contributed by atoms with E-state index in [-0.39, 0.29) is 17.7 Å². The second kappa shape index (κ2) is 8.95. The average molecular weight is 419 g/mol. The topological polar surface area (TPSA) is 105 Å². The van der Waals surface area contributed by atoms with Gasteiger partial charge in [-0.2, -0.15) is 5.10 Å². The van der Waals surface area contributed by atoms with E-state index in [1.807, 2.05) is 29.7 Å². The maximum Gasteiger partial charge on any atom is 0.260 e. The lowest BCUT2D eigenvalue weighted by Crippen LogP contribution is -2.33. The van der Waals surface area contributed by atoms with Crippen molar-refractivity contribution in [3.8, 4) is 0 Å². The molecule has 0 aliphatic carbocycles. The highest BCUT2D eigenvalue weighted by Crippen LogP contribution is 2.23. The Bertz CT molecular complexity index is 1060. The molecular formula is C22H25N7O2. The second-order valence-electron chi connectivity index (χ2n) is 7.79. The van der Waals surface area contributed by atoms with Gasteiger partial charge in [-0.3, -0.25) is 19.3 Å². The molecule has 0 bridgehead atoms. The number of fused-ring (bicyclic) bond motifs is 1. The Morgan fingerprint density at radius 3 is 2.74 bits per heavy atom. The van der Waals surface area contributed by atoms with Gasteiger partial charge in [0.1, 0.15) is 5.82 Å². The molecule has 4 heterocycles. The van der Waals surface area contributed by atoms with Gasteiger partial charge in [0.2, 0.25) is 0 Å². The number of rotatable bonds is 6. The van der Waals surface area contributed by atoms with Crippen LogP contribution in [0, 0.1) is 5.92 Å². The van der Waals surface area contributed by atoms with Crippen molar-refractivity contribution in [2.24, 2.45) is 5.92 Å². The molecule has 9 heteroatoms. The summed E-state index contributed by atoms with van der Waals surface area (Å²) in [6.45, 7) is 1.25. The molecule has 1 aliphatic heterocycles. The van der Waals surface area contributed by atoms with E-state index in [0.29, 0.717) is 36.5 Å². The van der Waals surface area contributed by atoms with Crippen LogP contribution in [0.15, 0.2) is 49.1 Å². The second-order valence-corrected chi connectivity index (χ2v) is 7.79. The van der Waals surface area contributed by atoms with Crippen molar-refractivity contribution in [2.45, 2.75) is 19.4 Å². The molecule has 31 heavy (non-hydrogen) atoms. The molecule has 0 aromatic carbocycles. The normalized spacial score (nSPS) is 15.1. The highest BCUT2D eigenvalue weighted by atomic mass is 16.2. The maximum absolute atomic E-state index is 12.8. The van der Waals surface area contributed by atoms with Crippen LogP contribution in [0.3, 0.4) is 0 Å². The summed E-state index contributed by atoms with van der Waals surface area (Å²) in [4.78, 5) is 35.3. The molecule has 2 N–H and O–H groups in total. The van der Waals surface area contributed by atoms with Gasteiger partial charge in [0.15, 0.2) is 0 Å². The summed E-state index contributed by atoms with van der Waals surface area (Å²) in [5.41, 5.74) is 2.92. The largest absolute Gasteiger partial charge is 0.376 e. The van der Waals surface area contributed by atoms with Crippen LogP contribution in [0.1, 0.15) is 32.8 Å². The Morgan fingerprint density at radius 1 is 1.16 bits per heavy atom. The Balaban J connectivity index is 1.39. The third kappa shape index (κ3) is 4.71. The van der Waals surface area contributed by atoms with Gasteiger partial charge in [-0.25, -0.2) is 4.98 Å². The number of aromatic nitrogens is 4. The van der Waals surface area contributed by atoms with Gasteiger partial charge in [0.25, 0.3) is 11.8 Å². The van der Waals surface area contributed by atoms with Gasteiger partial charge in [-0.15, -0.1) is 0 Å². The molecule has 0 spiro atoms. The summed E-state index contributed by atoms with van der Waals surface area (Å²) in [6.07, 6.45) is 8.06. The lowest BCUT2D eigenvalue weighted by Gasteiger charge is -2.24. The van der Waals surface area contributed by atoms with Crippen LogP contribution in [0.4, 0.5) is 11.5 Å². The fraction of sp³-hybridized carbons (Fsp3) is 0.318. The molecule has 0 unspecified atom stereocenters. The molecule has 3 aromatic heterocycles. The molecule has 2 amide bonds. The Labute approximate surface area is 180 Å². The van der Waals surface area contributed by atoms with Gasteiger partial charge < -0.3 is 15.5 Å². The highest BCUT2D eigenvalue weighted by Gasteiger charge is 2.26. The number of anilines is 2. The van der Waals surface area contributed by atoms with Gasteiger partial charge in [0.05, 0.1) is 34.9 Å². The number of hydrogen-bond donors (Lipinski definition) is 2. The molecule has 0 radical (unpaired) electrons. The number of amides is 2. The van der Waals surface area contributed by atoms with Crippen molar-refractivity contribution in [1.82, 2.24) is 25.1 Å². The van der Waals surface area contributed by atoms with E-state index < -0.39 is 0 Å². The van der Waals surface area contributed by atoms with Crippen LogP contribution in [0.25, 0.3) is 0 Å². The van der Waals surface area contributed by atoms with Gasteiger partial charge in [-0.05, 0) is 43.0 Å². The number of aryl methyl sites for hydroxylation is 1. The Kier molecular flexibility index (Phi) is 5.92. The lowest BCUT2D eigenvalue weighted by atomic mass is 9.94. The number of hydrogen-bond acceptors (Lipinski definition) is 6. The first-order chi connectivity index (χ1) is 15.0. The number of carbonyl (C=O) groups excluding carboxylic acids is 2. The maximum atomic E-state index is 12.8. The van der Waals surface area contributed by atoms with E-state index >= 15 is 0 Å². The molecule has 0 saturated carbocycles. The molecule has 160 valence electrons. The lowest BCUT2D eigenvalue weighted by molar-refractivity contribution is 0.0942. The Hall–Kier alpha value is -3.75. The van der Waals surface area contributed by atoms with E-state index in [4.69, 9.17) is 0 Å². The summed E-state index contributed by atoms with van der Waals surface area (Å²) < 4.78 is 1.87. The van der Waals surface area contributed by atoms with Crippen molar-refractivity contribution < 1.29 is 9.59 Å². The third-order valence-corrected chi connectivity index (χ3v) is 5.41. The zero-order chi connectivity index (χ0) is 21.8. The fourth-order valence-electron chi connectivity index (χ4n) is 3.61. The Morgan fingerprint density at radius 2 is 2.03 bits per heavy atom. The number of nitrogens with one attached hydrogen (secondary N) is 2. The highest BCUT2D eigenvalue weighted by molar-refractivity contribution is 6.04. The van der Waals surface area contributed by atoms with Crippen molar-refractivity contribution in [3.63, 3.8) is 0 Å². The van der Waals surface area contributed by atoms with Crippen molar-refractivity contribution in [2.75, 3.05) is 30.9 Å². The first kappa shape index (κ1) is 20.5. The van der Waals surface area contributed by atoms with Crippen molar-refractivity contribution in [3.05, 3.63) is 65.9 Å². The van der Waals surface area contributed by atoms with Crippen molar-refractivity contribution in [1.29, 1.82) is 0 Å². The predicted octanol–water partition coefficient (Wildman–Crippen LogP) is 1.98. The van der Waals surface area contributed by atoms with Gasteiger partial charge in [0, 0.05) is 39.6 Å². The standard InChI is InChI=1S/C22H25N7O2/c1-28(2)17-5-6-20(24-13-17)27-22(31)18-14-26-29-9-7-15(10-19(18)29)11-25-21(30)16-4-3-8-23-12-16/h3-6,8,12-15H,7,9-11H2,1-2H3,(H,25,30)(H,24,27,31)/t15-/m1/s1. The number of carbonyl (C=O) groups is 2. The van der Waals surface area contributed by atoms with E-state index in [2.05, 4.69) is 25.7 Å². The average Bonchev–Trinajstić information content (AvgIpc) is 3.22. The summed E-state index contributed by atoms with van der Waals surface area (Å²) in [7, 11) is 3.87. The molecule has 0 fully saturated rings. The van der Waals surface area contributed by atoms with E-state index in [9.17, 15) is 9.59 Å². The predicted molar refractivity (Wildman–Crippen MR) is 117 cm³/mol. The van der Waals surface area contributed by atoms with E-state index in [1.165, 1.54) is 0 Å². The van der Waals surface area contributed by atoms with E-state index in [0.717, 1.165) is 17.8 Å². The SMILES string of the molecule is CN(C)c1ccc(NC(=O)c2cnn3c2C[C@H](CNC(=O)c2cccnc2)CC3)nc1. The minimum absolute atomic E-state index is 0.141. The molecule has 1 aliphatic rings. The summed E-state index contributed by atoms with van der Waals surface area (Å²) >= 11 is 0. The van der Waals surface area contributed by atoms with Crippen LogP contribution in [-0.4, -0.2) is 52.2 Å². The molecule has 9 nitrogen and oxygen atoms in total. The summed E-state index contributed by atoms with van der Waals surface area (Å²) in [5.74, 6) is 0.351. The van der Waals surface area contributed by atoms with Crippen LogP contribution in [-0.2, 0) is 13.0 Å². The summed E-state index contributed by atoms with van der Waals surface area (Å²) in [6, 6.07) is 7.15. The van der Waals surface area contributed by atoms with Crippen LogP contribution >= 0.6 is 0 Å². The third-order valence-electron chi connectivity index (χ3n) is 5.41. The fourth-order valence-corrected chi connectivity index (χ4v) is 3.61. The first-order valence-electron chi connectivity index (χ1n) is 10.2. The smallest absolute Gasteiger partial charge is 0.260 e. The minimum Gasteiger partial charge on any atom is -0.376 e. The molecule has 1 atom stereocenters. The van der Waals surface area contributed by atoms with Crippen LogP contribution < -0.4 is 15.5 Å². The first-order valence-corrected chi connectivity index (χ1v) is 10.2. The summed E-state index contributed by atoms with van der Waals surface area (Å²) in [5, 5.41) is 10.2. The quantitative estimate of drug-likeness (QED) is 0.633. The number of pyridine rings is 2. The monoisotopic (exact) mass is 419 g/mol. The molecular weight excluding hydrogens is 394 g/mol. The van der Waals surface area contributed by atoms with Crippen LogP contribution in [0.5, 0.6) is 0 Å². The zero-order valence-electron chi connectivity index (χ0n) is 17.6. The minimum atomic E-state index is -0.230. The van der Waals surface area contributed by atoms with E-state index in [1.54, 1.807) is 43.0 Å². The van der Waals surface area contributed by atoms with Crippen molar-refractivity contribution >= 4 is 23.3 Å². The molecule has 0 saturated heterocycles. The molecule has 4 rings (SSSR count). The molecule has 3 aromatic rings. The zero-order valence-corrected chi connectivity index (χ0v) is 17.6. The van der Waals surface area contributed by atoms with Gasteiger partial charge >= 0.3 is 0 Å². The number of nitrogens with zero attached hydrogens (tertiary/aromatic N) is 5. The van der Waals surface area contributed by atoms with Crippen LogP contribution in [0.2, 0.25) is 0 Å².